The van der Waals surface area contributed by atoms with E-state index in [9.17, 15) is 4.79 Å². The second-order valence-corrected chi connectivity index (χ2v) is 6.46. The van der Waals surface area contributed by atoms with E-state index in [-0.39, 0.29) is 5.97 Å². The Kier molecular flexibility index (Phi) is 7.63. The molecule has 1 aliphatic rings. The minimum absolute atomic E-state index is 0.133. The first kappa shape index (κ1) is 18.4. The highest BCUT2D eigenvalue weighted by atomic mass is 16.5. The number of likely N-dealkylation sites (N-methyl/N-ethyl adjacent to an activating group) is 1. The van der Waals surface area contributed by atoms with Gasteiger partial charge in [0.2, 0.25) is 0 Å². The van der Waals surface area contributed by atoms with Crippen LogP contribution in [0.25, 0.3) is 0 Å². The Bertz CT molecular complexity index is 323. The number of hydrogen-bond donors (Lipinski definition) is 1. The molecule has 1 aliphatic carbocycles. The van der Waals surface area contributed by atoms with Gasteiger partial charge in [-0.05, 0) is 38.6 Å². The smallest absolute Gasteiger partial charge is 0.326 e. The SMILES string of the molecule is CNC1(C(=O)OC)CCCC(N(CCOC)CC(C)C)C1. The van der Waals surface area contributed by atoms with Crippen LogP contribution in [-0.4, -0.2) is 63.4 Å². The van der Waals surface area contributed by atoms with Crippen molar-refractivity contribution in [3.05, 3.63) is 0 Å². The summed E-state index contributed by atoms with van der Waals surface area (Å²) in [6.07, 6.45) is 3.85. The minimum Gasteiger partial charge on any atom is -0.468 e. The molecule has 0 aromatic heterocycles. The van der Waals surface area contributed by atoms with Gasteiger partial charge in [-0.2, -0.15) is 0 Å². The van der Waals surface area contributed by atoms with Crippen molar-refractivity contribution in [3.8, 4) is 0 Å². The van der Waals surface area contributed by atoms with E-state index in [4.69, 9.17) is 9.47 Å². The molecule has 5 nitrogen and oxygen atoms in total. The van der Waals surface area contributed by atoms with E-state index in [1.807, 2.05) is 7.05 Å². The van der Waals surface area contributed by atoms with Crippen molar-refractivity contribution >= 4 is 5.97 Å². The third kappa shape index (κ3) is 4.94. The lowest BCUT2D eigenvalue weighted by Gasteiger charge is -2.43. The summed E-state index contributed by atoms with van der Waals surface area (Å²) in [6.45, 7) is 7.14. The lowest BCUT2D eigenvalue weighted by Crippen LogP contribution is -2.58. The Morgan fingerprint density at radius 2 is 2.14 bits per heavy atom. The first-order valence-electron chi connectivity index (χ1n) is 7.99. The van der Waals surface area contributed by atoms with Crippen molar-refractivity contribution in [1.82, 2.24) is 10.2 Å². The van der Waals surface area contributed by atoms with E-state index in [0.29, 0.717) is 12.0 Å². The third-order valence-electron chi connectivity index (χ3n) is 4.48. The number of esters is 1. The lowest BCUT2D eigenvalue weighted by molar-refractivity contribution is -0.151. The maximum absolute atomic E-state index is 12.2. The molecule has 0 bridgehead atoms. The molecule has 1 N–H and O–H groups in total. The number of carbonyl (C=O) groups is 1. The first-order valence-corrected chi connectivity index (χ1v) is 7.99. The molecule has 124 valence electrons. The quantitative estimate of drug-likeness (QED) is 0.691. The van der Waals surface area contributed by atoms with Gasteiger partial charge in [-0.1, -0.05) is 13.8 Å². The summed E-state index contributed by atoms with van der Waals surface area (Å²) >= 11 is 0. The highest BCUT2D eigenvalue weighted by molar-refractivity contribution is 5.81. The Morgan fingerprint density at radius 1 is 1.43 bits per heavy atom. The molecular formula is C16H32N2O3. The second-order valence-electron chi connectivity index (χ2n) is 6.46. The van der Waals surface area contributed by atoms with Gasteiger partial charge in [0.25, 0.3) is 0 Å². The number of hydrogen-bond acceptors (Lipinski definition) is 5. The Labute approximate surface area is 129 Å². The molecule has 0 spiro atoms. The highest BCUT2D eigenvalue weighted by Crippen LogP contribution is 2.32. The van der Waals surface area contributed by atoms with Gasteiger partial charge in [0.15, 0.2) is 0 Å². The van der Waals surface area contributed by atoms with Gasteiger partial charge in [-0.25, -0.2) is 0 Å². The van der Waals surface area contributed by atoms with E-state index in [0.717, 1.165) is 45.4 Å². The summed E-state index contributed by atoms with van der Waals surface area (Å²) in [7, 11) is 5.07. The van der Waals surface area contributed by atoms with Crippen molar-refractivity contribution in [2.24, 2.45) is 5.92 Å². The van der Waals surface area contributed by atoms with Crippen LogP contribution in [0.3, 0.4) is 0 Å². The molecule has 1 fully saturated rings. The molecule has 5 heteroatoms. The number of ether oxygens (including phenoxy) is 2. The number of methoxy groups -OCH3 is 2. The normalized spacial score (nSPS) is 26.3. The molecule has 1 saturated carbocycles. The van der Waals surface area contributed by atoms with Crippen molar-refractivity contribution < 1.29 is 14.3 Å². The minimum atomic E-state index is -0.528. The van der Waals surface area contributed by atoms with Gasteiger partial charge in [-0.3, -0.25) is 9.69 Å². The maximum atomic E-state index is 12.2. The summed E-state index contributed by atoms with van der Waals surface area (Å²) in [5, 5.41) is 3.23. The predicted octanol–water partition coefficient (Wildman–Crippen LogP) is 1.66. The maximum Gasteiger partial charge on any atom is 0.326 e. The first-order chi connectivity index (χ1) is 9.99. The average molecular weight is 300 g/mol. The zero-order chi connectivity index (χ0) is 15.9. The molecule has 0 radical (unpaired) electrons. The van der Waals surface area contributed by atoms with E-state index in [2.05, 4.69) is 24.1 Å². The molecular weight excluding hydrogens is 268 g/mol. The standard InChI is InChI=1S/C16H32N2O3/c1-13(2)12-18(9-10-20-4)14-7-6-8-16(11-14,17-3)15(19)21-5/h13-14,17H,6-12H2,1-5H3. The van der Waals surface area contributed by atoms with Crippen LogP contribution < -0.4 is 5.32 Å². The summed E-state index contributed by atoms with van der Waals surface area (Å²) in [4.78, 5) is 14.7. The summed E-state index contributed by atoms with van der Waals surface area (Å²) in [6, 6.07) is 0.405. The fraction of sp³-hybridized carbons (Fsp3) is 0.938. The summed E-state index contributed by atoms with van der Waals surface area (Å²) in [5.74, 6) is 0.469. The van der Waals surface area contributed by atoms with E-state index < -0.39 is 5.54 Å². The van der Waals surface area contributed by atoms with Gasteiger partial charge in [0, 0.05) is 26.2 Å². The largest absolute Gasteiger partial charge is 0.468 e. The lowest BCUT2D eigenvalue weighted by atomic mass is 9.78. The van der Waals surface area contributed by atoms with E-state index in [1.165, 1.54) is 7.11 Å². The topological polar surface area (TPSA) is 50.8 Å². The number of nitrogens with zero attached hydrogens (tertiary/aromatic N) is 1. The molecule has 0 aliphatic heterocycles. The van der Waals surface area contributed by atoms with E-state index >= 15 is 0 Å². The highest BCUT2D eigenvalue weighted by Gasteiger charge is 2.43. The number of rotatable bonds is 8. The molecule has 2 atom stereocenters. The fourth-order valence-electron chi connectivity index (χ4n) is 3.37. The molecule has 0 saturated heterocycles. The van der Waals surface area contributed by atoms with Crippen LogP contribution >= 0.6 is 0 Å². The molecule has 0 aromatic carbocycles. The van der Waals surface area contributed by atoms with Crippen molar-refractivity contribution in [2.45, 2.75) is 51.1 Å². The molecule has 0 amide bonds. The summed E-state index contributed by atoms with van der Waals surface area (Å²) < 4.78 is 10.3. The summed E-state index contributed by atoms with van der Waals surface area (Å²) in [5.41, 5.74) is -0.528. The zero-order valence-electron chi connectivity index (χ0n) is 14.3. The van der Waals surface area contributed by atoms with Gasteiger partial charge in [-0.15, -0.1) is 0 Å². The van der Waals surface area contributed by atoms with Crippen LogP contribution in [0.1, 0.15) is 39.5 Å². The van der Waals surface area contributed by atoms with Crippen LogP contribution in [-0.2, 0) is 14.3 Å². The Balaban J connectivity index is 2.80. The molecule has 21 heavy (non-hydrogen) atoms. The van der Waals surface area contributed by atoms with Crippen molar-refractivity contribution in [3.63, 3.8) is 0 Å². The molecule has 0 heterocycles. The van der Waals surface area contributed by atoms with Crippen LogP contribution in [0, 0.1) is 5.92 Å². The van der Waals surface area contributed by atoms with Crippen molar-refractivity contribution in [2.75, 3.05) is 41.0 Å². The Morgan fingerprint density at radius 3 is 2.67 bits per heavy atom. The van der Waals surface area contributed by atoms with Crippen molar-refractivity contribution in [1.29, 1.82) is 0 Å². The number of nitrogens with one attached hydrogen (secondary N) is 1. The van der Waals surface area contributed by atoms with Crippen LogP contribution in [0.2, 0.25) is 0 Å². The molecule has 0 aromatic rings. The average Bonchev–Trinajstić information content (AvgIpc) is 2.50. The van der Waals surface area contributed by atoms with Gasteiger partial charge in [0.1, 0.15) is 5.54 Å². The fourth-order valence-corrected chi connectivity index (χ4v) is 3.37. The predicted molar refractivity (Wildman–Crippen MR) is 84.3 cm³/mol. The molecule has 1 rings (SSSR count). The van der Waals surface area contributed by atoms with Gasteiger partial charge < -0.3 is 14.8 Å². The van der Waals surface area contributed by atoms with Gasteiger partial charge >= 0.3 is 5.97 Å². The number of carbonyl (C=O) groups excluding carboxylic acids is 1. The van der Waals surface area contributed by atoms with Gasteiger partial charge in [0.05, 0.1) is 13.7 Å². The van der Waals surface area contributed by atoms with Crippen LogP contribution in [0.4, 0.5) is 0 Å². The van der Waals surface area contributed by atoms with Crippen LogP contribution in [0.5, 0.6) is 0 Å². The third-order valence-corrected chi connectivity index (χ3v) is 4.48. The Hall–Kier alpha value is -0.650. The monoisotopic (exact) mass is 300 g/mol. The van der Waals surface area contributed by atoms with Crippen LogP contribution in [0.15, 0.2) is 0 Å². The second kappa shape index (κ2) is 8.71. The zero-order valence-corrected chi connectivity index (χ0v) is 14.3. The van der Waals surface area contributed by atoms with E-state index in [1.54, 1.807) is 7.11 Å². The molecule has 2 unspecified atom stereocenters.